The zero-order valence-corrected chi connectivity index (χ0v) is 16.8. The van der Waals surface area contributed by atoms with Crippen LogP contribution in [-0.4, -0.2) is 63.2 Å². The van der Waals surface area contributed by atoms with Gasteiger partial charge in [-0.3, -0.25) is 24.7 Å². The number of likely N-dealkylation sites (tertiary alicyclic amines) is 1. The number of carboxylic acids is 1. The van der Waals surface area contributed by atoms with Gasteiger partial charge in [-0.1, -0.05) is 30.3 Å². The number of amides is 1. The standard InChI is InChI=1S/C22H23N3O6/c26-20(17-6-8-18(9-7-17)25(29)30)24-19(21(27)28)15-31-22(24)10-12-23(13-11-22)14-16-4-2-1-3-5-16/h1-9,19H,10-15H2,(H,27,28)/t19-/m0/s1. The van der Waals surface area contributed by atoms with Crippen LogP contribution in [0.1, 0.15) is 28.8 Å². The molecular weight excluding hydrogens is 402 g/mol. The molecule has 0 radical (unpaired) electrons. The highest BCUT2D eigenvalue weighted by Crippen LogP contribution is 2.38. The van der Waals surface area contributed by atoms with E-state index in [-0.39, 0.29) is 17.9 Å². The van der Waals surface area contributed by atoms with E-state index in [1.165, 1.54) is 34.7 Å². The van der Waals surface area contributed by atoms with E-state index in [0.29, 0.717) is 25.9 Å². The largest absolute Gasteiger partial charge is 0.480 e. The predicted octanol–water partition coefficient (Wildman–Crippen LogP) is 2.51. The molecule has 31 heavy (non-hydrogen) atoms. The van der Waals surface area contributed by atoms with E-state index >= 15 is 0 Å². The van der Waals surface area contributed by atoms with Crippen molar-refractivity contribution in [2.45, 2.75) is 31.2 Å². The molecule has 2 heterocycles. The van der Waals surface area contributed by atoms with Crippen molar-refractivity contribution < 1.29 is 24.4 Å². The maximum atomic E-state index is 13.3. The molecular formula is C22H23N3O6. The lowest BCUT2D eigenvalue weighted by atomic mass is 9.96. The third-order valence-corrected chi connectivity index (χ3v) is 5.98. The molecule has 0 unspecified atom stereocenters. The topological polar surface area (TPSA) is 113 Å². The molecule has 2 fully saturated rings. The fourth-order valence-corrected chi connectivity index (χ4v) is 4.32. The molecule has 1 N–H and O–H groups in total. The van der Waals surface area contributed by atoms with Crippen LogP contribution in [0.4, 0.5) is 5.69 Å². The quantitative estimate of drug-likeness (QED) is 0.578. The lowest BCUT2D eigenvalue weighted by Gasteiger charge is -2.44. The average Bonchev–Trinajstić information content (AvgIpc) is 3.15. The first-order chi connectivity index (χ1) is 14.9. The Morgan fingerprint density at radius 1 is 1.10 bits per heavy atom. The van der Waals surface area contributed by atoms with Crippen molar-refractivity contribution in [1.82, 2.24) is 9.80 Å². The Kier molecular flexibility index (Phi) is 5.71. The summed E-state index contributed by atoms with van der Waals surface area (Å²) in [5, 5.41) is 20.6. The Balaban J connectivity index is 1.53. The monoisotopic (exact) mass is 425 g/mol. The molecule has 2 aliphatic rings. The zero-order chi connectivity index (χ0) is 22.0. The van der Waals surface area contributed by atoms with Crippen molar-refractivity contribution in [2.24, 2.45) is 0 Å². The Bertz CT molecular complexity index is 971. The third kappa shape index (κ3) is 4.14. The summed E-state index contributed by atoms with van der Waals surface area (Å²) in [5.41, 5.74) is 0.268. The average molecular weight is 425 g/mol. The van der Waals surface area contributed by atoms with Crippen LogP contribution in [0.5, 0.6) is 0 Å². The Morgan fingerprint density at radius 3 is 2.32 bits per heavy atom. The normalized spacial score (nSPS) is 20.6. The first-order valence-corrected chi connectivity index (χ1v) is 10.1. The number of nitro benzene ring substituents is 1. The number of hydrogen-bond donors (Lipinski definition) is 1. The minimum atomic E-state index is -1.13. The maximum absolute atomic E-state index is 13.3. The van der Waals surface area contributed by atoms with Crippen molar-refractivity contribution in [2.75, 3.05) is 19.7 Å². The number of aliphatic carboxylic acids is 1. The Morgan fingerprint density at radius 2 is 1.74 bits per heavy atom. The molecule has 1 amide bonds. The molecule has 2 aliphatic heterocycles. The number of carbonyl (C=O) groups excluding carboxylic acids is 1. The van der Waals surface area contributed by atoms with E-state index in [2.05, 4.69) is 17.0 Å². The highest BCUT2D eigenvalue weighted by Gasteiger charge is 2.54. The minimum Gasteiger partial charge on any atom is -0.480 e. The van der Waals surface area contributed by atoms with E-state index in [9.17, 15) is 24.8 Å². The van der Waals surface area contributed by atoms with Gasteiger partial charge in [0.05, 0.1) is 11.5 Å². The first-order valence-electron chi connectivity index (χ1n) is 10.1. The molecule has 0 aliphatic carbocycles. The van der Waals surface area contributed by atoms with Crippen LogP contribution in [0, 0.1) is 10.1 Å². The van der Waals surface area contributed by atoms with E-state index in [0.717, 1.165) is 6.54 Å². The number of carbonyl (C=O) groups is 2. The summed E-state index contributed by atoms with van der Waals surface area (Å²) >= 11 is 0. The molecule has 9 nitrogen and oxygen atoms in total. The molecule has 2 aromatic rings. The highest BCUT2D eigenvalue weighted by molar-refractivity contribution is 5.97. The van der Waals surface area contributed by atoms with Gasteiger partial charge in [-0.2, -0.15) is 0 Å². The van der Waals surface area contributed by atoms with E-state index < -0.39 is 28.6 Å². The van der Waals surface area contributed by atoms with Gasteiger partial charge in [0.1, 0.15) is 5.72 Å². The molecule has 0 saturated carbocycles. The van der Waals surface area contributed by atoms with Crippen molar-refractivity contribution in [1.29, 1.82) is 0 Å². The van der Waals surface area contributed by atoms with Gasteiger partial charge in [-0.25, -0.2) is 4.79 Å². The molecule has 0 bridgehead atoms. The van der Waals surface area contributed by atoms with Gasteiger partial charge in [0.25, 0.3) is 11.6 Å². The van der Waals surface area contributed by atoms with Crippen LogP contribution in [0.25, 0.3) is 0 Å². The Labute approximate surface area is 179 Å². The molecule has 2 saturated heterocycles. The number of rotatable bonds is 5. The van der Waals surface area contributed by atoms with E-state index in [1.54, 1.807) is 0 Å². The van der Waals surface area contributed by atoms with Crippen LogP contribution in [0.2, 0.25) is 0 Å². The molecule has 2 aromatic carbocycles. The smallest absolute Gasteiger partial charge is 0.328 e. The van der Waals surface area contributed by atoms with Gasteiger partial charge in [-0.15, -0.1) is 0 Å². The summed E-state index contributed by atoms with van der Waals surface area (Å²) in [5.74, 6) is -1.62. The van der Waals surface area contributed by atoms with E-state index in [4.69, 9.17) is 4.74 Å². The lowest BCUT2D eigenvalue weighted by molar-refractivity contribution is -0.384. The SMILES string of the molecule is O=C(O)[C@@H]1COC2(CCN(Cc3ccccc3)CC2)N1C(=O)c1ccc([N+](=O)[O-])cc1. The van der Waals surface area contributed by atoms with Gasteiger partial charge in [0.15, 0.2) is 6.04 Å². The number of non-ortho nitro benzene ring substituents is 1. The number of benzene rings is 2. The van der Waals surface area contributed by atoms with Crippen LogP contribution < -0.4 is 0 Å². The summed E-state index contributed by atoms with van der Waals surface area (Å²) in [4.78, 5) is 39.1. The van der Waals surface area contributed by atoms with E-state index in [1.807, 2.05) is 18.2 Å². The minimum absolute atomic E-state index is 0.0766. The predicted molar refractivity (Wildman–Crippen MR) is 110 cm³/mol. The van der Waals surface area contributed by atoms with Gasteiger partial charge >= 0.3 is 5.97 Å². The van der Waals surface area contributed by atoms with Crippen molar-refractivity contribution in [3.63, 3.8) is 0 Å². The summed E-state index contributed by atoms with van der Waals surface area (Å²) in [6.07, 6.45) is 0.977. The number of piperidine rings is 1. The highest BCUT2D eigenvalue weighted by atomic mass is 16.6. The molecule has 4 rings (SSSR count). The lowest BCUT2D eigenvalue weighted by Crippen LogP contribution is -2.58. The second-order valence-corrected chi connectivity index (χ2v) is 7.85. The van der Waals surface area contributed by atoms with Crippen molar-refractivity contribution in [3.05, 3.63) is 75.8 Å². The summed E-state index contributed by atoms with van der Waals surface area (Å²) in [6.45, 7) is 2.01. The fourth-order valence-electron chi connectivity index (χ4n) is 4.32. The summed E-state index contributed by atoms with van der Waals surface area (Å²) in [6, 6.07) is 14.2. The van der Waals surface area contributed by atoms with Crippen LogP contribution >= 0.6 is 0 Å². The summed E-state index contributed by atoms with van der Waals surface area (Å²) < 4.78 is 5.96. The number of ether oxygens (including phenoxy) is 1. The van der Waals surface area contributed by atoms with Gasteiger partial charge in [-0.05, 0) is 17.7 Å². The zero-order valence-electron chi connectivity index (χ0n) is 16.8. The molecule has 1 spiro atoms. The second kappa shape index (κ2) is 8.44. The molecule has 162 valence electrons. The maximum Gasteiger partial charge on any atom is 0.328 e. The van der Waals surface area contributed by atoms with Crippen LogP contribution in [-0.2, 0) is 16.1 Å². The fraction of sp³-hybridized carbons (Fsp3) is 0.364. The molecule has 1 atom stereocenters. The Hall–Kier alpha value is -3.30. The molecule has 0 aromatic heterocycles. The van der Waals surface area contributed by atoms with Crippen LogP contribution in [0.15, 0.2) is 54.6 Å². The second-order valence-electron chi connectivity index (χ2n) is 7.85. The van der Waals surface area contributed by atoms with Gasteiger partial charge in [0, 0.05) is 50.2 Å². The van der Waals surface area contributed by atoms with Gasteiger partial charge < -0.3 is 9.84 Å². The van der Waals surface area contributed by atoms with Crippen LogP contribution in [0.3, 0.4) is 0 Å². The number of nitrogens with zero attached hydrogens (tertiary/aromatic N) is 3. The number of carboxylic acid groups (broad SMARTS) is 1. The summed E-state index contributed by atoms with van der Waals surface area (Å²) in [7, 11) is 0. The number of nitro groups is 1. The molecule has 9 heteroatoms. The van der Waals surface area contributed by atoms with Crippen molar-refractivity contribution in [3.8, 4) is 0 Å². The van der Waals surface area contributed by atoms with Gasteiger partial charge in [0.2, 0.25) is 0 Å². The third-order valence-electron chi connectivity index (χ3n) is 5.98. The van der Waals surface area contributed by atoms with Crippen molar-refractivity contribution >= 4 is 17.6 Å². The first kappa shape index (κ1) is 21.0. The number of hydrogen-bond acceptors (Lipinski definition) is 6.